The zero-order chi connectivity index (χ0) is 33.3. The Morgan fingerprint density at radius 3 is 2.36 bits per heavy atom. The number of ether oxygens (including phenoxy) is 2. The number of benzene rings is 1. The predicted molar refractivity (Wildman–Crippen MR) is 170 cm³/mol. The van der Waals surface area contributed by atoms with Gasteiger partial charge in [0.1, 0.15) is 12.1 Å². The standard InChI is InChI=1S/C32H44N8O7/c1-2-46-32(45)38-18-16-37(17-19-38)31(44)24(13-14-33)35-29(42)25-20-28(40(36-25)23-10-4-3-5-11-23)47-21-27(41)39-15-7-12-26(39)30(43)34-22-8-6-9-22/h3-5,10-11,20,22,24,26H,2,6-9,12-19,21,33H2,1H3,(H,34,43)(H,35,42)/t24-,26-/m0/s1. The molecule has 254 valence electrons. The highest BCUT2D eigenvalue weighted by molar-refractivity contribution is 5.96. The first-order valence-electron chi connectivity index (χ1n) is 16.4. The van der Waals surface area contributed by atoms with Crippen molar-refractivity contribution < 1.29 is 33.4 Å². The molecule has 0 radical (unpaired) electrons. The fourth-order valence-corrected chi connectivity index (χ4v) is 5.94. The van der Waals surface area contributed by atoms with Crippen LogP contribution in [-0.2, 0) is 19.1 Å². The van der Waals surface area contributed by atoms with Crippen LogP contribution in [0.1, 0.15) is 55.9 Å². The minimum atomic E-state index is -0.910. The summed E-state index contributed by atoms with van der Waals surface area (Å²) in [6.07, 6.45) is 4.13. The smallest absolute Gasteiger partial charge is 0.409 e. The number of carbonyl (C=O) groups is 5. The van der Waals surface area contributed by atoms with Crippen LogP contribution < -0.4 is 21.1 Å². The number of likely N-dealkylation sites (tertiary alicyclic amines) is 1. The van der Waals surface area contributed by atoms with E-state index in [9.17, 15) is 24.0 Å². The number of piperazine rings is 1. The Morgan fingerprint density at radius 2 is 1.70 bits per heavy atom. The maximum Gasteiger partial charge on any atom is 0.409 e. The predicted octanol–water partition coefficient (Wildman–Crippen LogP) is 0.659. The maximum absolute atomic E-state index is 13.5. The van der Waals surface area contributed by atoms with E-state index in [1.165, 1.54) is 10.7 Å². The van der Waals surface area contributed by atoms with Gasteiger partial charge in [-0.25, -0.2) is 9.48 Å². The summed E-state index contributed by atoms with van der Waals surface area (Å²) in [6, 6.07) is 9.16. The Labute approximate surface area is 273 Å². The zero-order valence-electron chi connectivity index (χ0n) is 26.8. The molecule has 1 aromatic carbocycles. The highest BCUT2D eigenvalue weighted by Gasteiger charge is 2.36. The van der Waals surface area contributed by atoms with Crippen molar-refractivity contribution >= 4 is 29.7 Å². The van der Waals surface area contributed by atoms with Gasteiger partial charge in [0.15, 0.2) is 12.3 Å². The molecule has 1 aromatic heterocycles. The van der Waals surface area contributed by atoms with Gasteiger partial charge in [-0.15, -0.1) is 0 Å². The number of hydrogen-bond acceptors (Lipinski definition) is 9. The van der Waals surface area contributed by atoms with Gasteiger partial charge in [-0.1, -0.05) is 18.2 Å². The second-order valence-electron chi connectivity index (χ2n) is 11.9. The number of amides is 5. The molecule has 1 aliphatic carbocycles. The monoisotopic (exact) mass is 652 g/mol. The fourth-order valence-electron chi connectivity index (χ4n) is 5.94. The van der Waals surface area contributed by atoms with Gasteiger partial charge in [-0.05, 0) is 64.1 Å². The Morgan fingerprint density at radius 1 is 0.979 bits per heavy atom. The van der Waals surface area contributed by atoms with Gasteiger partial charge < -0.3 is 40.5 Å². The molecule has 2 atom stereocenters. The number of nitrogens with one attached hydrogen (secondary N) is 2. The lowest BCUT2D eigenvalue weighted by Gasteiger charge is -2.35. The quantitative estimate of drug-likeness (QED) is 0.297. The number of para-hydroxylation sites is 1. The average Bonchev–Trinajstić information content (AvgIpc) is 3.74. The van der Waals surface area contributed by atoms with Crippen molar-refractivity contribution in [2.24, 2.45) is 5.73 Å². The topological polar surface area (TPSA) is 181 Å². The van der Waals surface area contributed by atoms with Crippen molar-refractivity contribution in [2.45, 2.75) is 63.6 Å². The van der Waals surface area contributed by atoms with E-state index in [1.807, 2.05) is 6.07 Å². The van der Waals surface area contributed by atoms with Crippen LogP contribution in [0.5, 0.6) is 5.88 Å². The summed E-state index contributed by atoms with van der Waals surface area (Å²) < 4.78 is 12.4. The van der Waals surface area contributed by atoms with Gasteiger partial charge in [0, 0.05) is 44.8 Å². The third-order valence-electron chi connectivity index (χ3n) is 8.76. The molecule has 1 saturated carbocycles. The molecular weight excluding hydrogens is 608 g/mol. The first-order valence-corrected chi connectivity index (χ1v) is 16.4. The molecule has 0 spiro atoms. The average molecular weight is 653 g/mol. The normalized spacial score (nSPS) is 18.7. The molecule has 2 saturated heterocycles. The number of aromatic nitrogens is 2. The van der Waals surface area contributed by atoms with Crippen molar-refractivity contribution in [3.05, 3.63) is 42.1 Å². The molecule has 3 aliphatic rings. The van der Waals surface area contributed by atoms with Gasteiger partial charge in [0.25, 0.3) is 11.8 Å². The second-order valence-corrected chi connectivity index (χ2v) is 11.9. The van der Waals surface area contributed by atoms with Gasteiger partial charge >= 0.3 is 6.09 Å². The minimum absolute atomic E-state index is 0.0165. The van der Waals surface area contributed by atoms with E-state index in [2.05, 4.69) is 15.7 Å². The van der Waals surface area contributed by atoms with Gasteiger partial charge in [0.2, 0.25) is 17.7 Å². The number of nitrogens with zero attached hydrogens (tertiary/aromatic N) is 5. The Hall–Kier alpha value is -4.66. The third kappa shape index (κ3) is 8.20. The SMILES string of the molecule is CCOC(=O)N1CCN(C(=O)[C@H](CCN)NC(=O)c2cc(OCC(=O)N3CCC[C@H]3C(=O)NC3CCC3)n(-c3ccccc3)n2)CC1. The van der Waals surface area contributed by atoms with E-state index < -0.39 is 24.1 Å². The Balaban J connectivity index is 1.25. The van der Waals surface area contributed by atoms with Crippen LogP contribution in [0.2, 0.25) is 0 Å². The summed E-state index contributed by atoms with van der Waals surface area (Å²) in [5, 5.41) is 10.3. The number of nitrogens with two attached hydrogens (primary N) is 1. The molecule has 2 aliphatic heterocycles. The molecule has 5 amide bonds. The highest BCUT2D eigenvalue weighted by atomic mass is 16.6. The first kappa shape index (κ1) is 33.7. The van der Waals surface area contributed by atoms with Crippen molar-refractivity contribution in [3.63, 3.8) is 0 Å². The largest absolute Gasteiger partial charge is 0.467 e. The van der Waals surface area contributed by atoms with Crippen molar-refractivity contribution in [3.8, 4) is 11.6 Å². The van der Waals surface area contributed by atoms with E-state index in [4.69, 9.17) is 15.2 Å². The summed E-state index contributed by atoms with van der Waals surface area (Å²) in [6.45, 7) is 3.50. The second kappa shape index (κ2) is 15.8. The van der Waals surface area contributed by atoms with E-state index in [1.54, 1.807) is 45.9 Å². The molecule has 3 heterocycles. The minimum Gasteiger partial charge on any atom is -0.467 e. The lowest BCUT2D eigenvalue weighted by atomic mass is 9.93. The van der Waals surface area contributed by atoms with Gasteiger partial charge in [0.05, 0.1) is 12.3 Å². The molecule has 2 aromatic rings. The van der Waals surface area contributed by atoms with Crippen LogP contribution in [0.3, 0.4) is 0 Å². The fraction of sp³-hybridized carbons (Fsp3) is 0.562. The molecule has 4 N–H and O–H groups in total. The van der Waals surface area contributed by atoms with Crippen LogP contribution in [0.4, 0.5) is 4.79 Å². The van der Waals surface area contributed by atoms with Gasteiger partial charge in [-0.3, -0.25) is 19.2 Å². The number of carbonyl (C=O) groups excluding carboxylic acids is 5. The maximum atomic E-state index is 13.5. The first-order chi connectivity index (χ1) is 22.8. The Bertz CT molecular complexity index is 1420. The molecule has 3 fully saturated rings. The van der Waals surface area contributed by atoms with Crippen LogP contribution in [0.15, 0.2) is 36.4 Å². The molecule has 15 nitrogen and oxygen atoms in total. The molecule has 0 unspecified atom stereocenters. The van der Waals surface area contributed by atoms with Crippen molar-refractivity contribution in [2.75, 3.05) is 52.5 Å². The number of rotatable bonds is 12. The molecule has 15 heteroatoms. The number of hydrogen-bond donors (Lipinski definition) is 3. The van der Waals surface area contributed by atoms with Crippen LogP contribution in [0, 0.1) is 0 Å². The summed E-state index contributed by atoms with van der Waals surface area (Å²) in [7, 11) is 0. The summed E-state index contributed by atoms with van der Waals surface area (Å²) in [5.41, 5.74) is 6.38. The molecular formula is C32H44N8O7. The third-order valence-corrected chi connectivity index (χ3v) is 8.76. The Kier molecular flexibility index (Phi) is 11.3. The van der Waals surface area contributed by atoms with Gasteiger partial charge in [-0.2, -0.15) is 5.10 Å². The van der Waals surface area contributed by atoms with E-state index in [-0.39, 0.29) is 61.5 Å². The van der Waals surface area contributed by atoms with Crippen molar-refractivity contribution in [1.82, 2.24) is 35.1 Å². The molecule has 5 rings (SSSR count). The summed E-state index contributed by atoms with van der Waals surface area (Å²) >= 11 is 0. The summed E-state index contributed by atoms with van der Waals surface area (Å²) in [5.74, 6) is -1.23. The highest BCUT2D eigenvalue weighted by Crippen LogP contribution is 2.24. The van der Waals surface area contributed by atoms with Crippen LogP contribution in [0.25, 0.3) is 5.69 Å². The van der Waals surface area contributed by atoms with E-state index >= 15 is 0 Å². The lowest BCUT2D eigenvalue weighted by Crippen LogP contribution is -2.56. The van der Waals surface area contributed by atoms with Crippen LogP contribution in [-0.4, -0.2) is 125 Å². The van der Waals surface area contributed by atoms with Crippen LogP contribution >= 0.6 is 0 Å². The zero-order valence-corrected chi connectivity index (χ0v) is 26.8. The molecule has 47 heavy (non-hydrogen) atoms. The van der Waals surface area contributed by atoms with Crippen molar-refractivity contribution in [1.29, 1.82) is 0 Å². The van der Waals surface area contributed by atoms with E-state index in [0.717, 1.165) is 25.7 Å². The van der Waals surface area contributed by atoms with E-state index in [0.29, 0.717) is 44.8 Å². The lowest BCUT2D eigenvalue weighted by molar-refractivity contribution is -0.140. The summed E-state index contributed by atoms with van der Waals surface area (Å²) in [4.78, 5) is 69.7. The molecule has 0 bridgehead atoms.